The van der Waals surface area contributed by atoms with Gasteiger partial charge in [0, 0.05) is 36.0 Å². The first-order valence-electron chi connectivity index (χ1n) is 13.8. The van der Waals surface area contributed by atoms with Crippen molar-refractivity contribution in [2.45, 2.75) is 26.3 Å². The number of para-hydroxylation sites is 1. The summed E-state index contributed by atoms with van der Waals surface area (Å²) >= 11 is 0. The normalized spacial score (nSPS) is 10.8. The molecule has 0 saturated carbocycles. The van der Waals surface area contributed by atoms with Gasteiger partial charge >= 0.3 is 6.09 Å². The molecule has 0 atom stereocenters. The molecule has 0 fully saturated rings. The van der Waals surface area contributed by atoms with E-state index in [1.807, 2.05) is 43.5 Å². The van der Waals surface area contributed by atoms with Crippen LogP contribution in [0.15, 0.2) is 85.5 Å². The van der Waals surface area contributed by atoms with Crippen LogP contribution in [-0.2, 0) is 22.5 Å². The number of ether oxygens (including phenoxy) is 1. The molecule has 0 spiro atoms. The molecule has 214 valence electrons. The molecule has 10 heteroatoms. The number of carbonyl (C=O) groups is 2. The Balaban J connectivity index is 1.33. The summed E-state index contributed by atoms with van der Waals surface area (Å²) in [6.45, 7) is 2.72. The number of aromatic amines is 1. The number of alkyl carbamates (subject to hydrolysis) is 1. The standard InChI is InChI=1S/C32H33N7O3/c1-3-14-39(30(40)19-35-32(41)42-2)20-29-34-18-28(38-29)24-12-13-27-22(15-24)8-7-9-23(27)16-25-17-33-21-36-31(25)37-26-10-5-4-6-11-26/h4-13,15,17-18,21H,3,14,16,19-20H2,1-2H3,(H,34,38)(H,35,41)(H,33,36,37). The van der Waals surface area contributed by atoms with Crippen LogP contribution in [0.3, 0.4) is 0 Å². The van der Waals surface area contributed by atoms with Gasteiger partial charge in [0.05, 0.1) is 25.5 Å². The van der Waals surface area contributed by atoms with Crippen molar-refractivity contribution in [1.82, 2.24) is 30.2 Å². The number of aromatic nitrogens is 4. The van der Waals surface area contributed by atoms with Crippen molar-refractivity contribution < 1.29 is 14.3 Å². The summed E-state index contributed by atoms with van der Waals surface area (Å²) in [6.07, 6.45) is 6.01. The lowest BCUT2D eigenvalue weighted by molar-refractivity contribution is -0.130. The zero-order valence-electron chi connectivity index (χ0n) is 23.6. The maximum Gasteiger partial charge on any atom is 0.407 e. The Kier molecular flexibility index (Phi) is 9.03. The number of anilines is 2. The van der Waals surface area contributed by atoms with Gasteiger partial charge in [0.15, 0.2) is 0 Å². The SMILES string of the molecule is CCCN(Cc1ncc(-c2ccc3c(Cc4cncnc4Nc4ccccc4)cccc3c2)[nH]1)C(=O)CNC(=O)OC. The first-order valence-corrected chi connectivity index (χ1v) is 13.8. The molecule has 5 aromatic rings. The van der Waals surface area contributed by atoms with E-state index in [1.54, 1.807) is 17.4 Å². The van der Waals surface area contributed by atoms with E-state index in [2.05, 4.69) is 71.7 Å². The van der Waals surface area contributed by atoms with Crippen molar-refractivity contribution in [3.05, 3.63) is 102 Å². The molecule has 0 unspecified atom stereocenters. The van der Waals surface area contributed by atoms with Crippen LogP contribution < -0.4 is 10.6 Å². The van der Waals surface area contributed by atoms with Crippen molar-refractivity contribution >= 4 is 34.3 Å². The second kappa shape index (κ2) is 13.4. The van der Waals surface area contributed by atoms with Crippen LogP contribution in [0.2, 0.25) is 0 Å². The maximum absolute atomic E-state index is 12.7. The van der Waals surface area contributed by atoms with Gasteiger partial charge in [0.25, 0.3) is 0 Å². The van der Waals surface area contributed by atoms with Crippen LogP contribution in [0.25, 0.3) is 22.0 Å². The number of H-pyrrole nitrogens is 1. The molecule has 0 radical (unpaired) electrons. The van der Waals surface area contributed by atoms with E-state index < -0.39 is 6.09 Å². The van der Waals surface area contributed by atoms with Gasteiger partial charge in [-0.1, -0.05) is 55.5 Å². The van der Waals surface area contributed by atoms with E-state index in [0.717, 1.165) is 45.5 Å². The summed E-state index contributed by atoms with van der Waals surface area (Å²) in [5.41, 5.74) is 5.00. The number of nitrogens with zero attached hydrogens (tertiary/aromatic N) is 4. The highest BCUT2D eigenvalue weighted by molar-refractivity contribution is 5.90. The molecule has 3 aromatic carbocycles. The fourth-order valence-electron chi connectivity index (χ4n) is 4.80. The Morgan fingerprint density at radius 1 is 0.976 bits per heavy atom. The maximum atomic E-state index is 12.7. The zero-order chi connectivity index (χ0) is 29.3. The third kappa shape index (κ3) is 6.90. The summed E-state index contributed by atoms with van der Waals surface area (Å²) in [6, 6.07) is 22.6. The number of rotatable bonds is 11. The number of carbonyl (C=O) groups excluding carboxylic acids is 2. The van der Waals surface area contributed by atoms with E-state index in [4.69, 9.17) is 0 Å². The van der Waals surface area contributed by atoms with Crippen molar-refractivity contribution in [3.63, 3.8) is 0 Å². The van der Waals surface area contributed by atoms with E-state index in [1.165, 1.54) is 12.7 Å². The molecule has 0 aliphatic carbocycles. The minimum absolute atomic E-state index is 0.133. The average Bonchev–Trinajstić information content (AvgIpc) is 3.49. The molecular formula is C32H33N7O3. The monoisotopic (exact) mass is 563 g/mol. The van der Waals surface area contributed by atoms with Crippen molar-refractivity contribution in [3.8, 4) is 11.3 Å². The highest BCUT2D eigenvalue weighted by Gasteiger charge is 2.17. The number of hydrogen-bond donors (Lipinski definition) is 3. The van der Waals surface area contributed by atoms with E-state index >= 15 is 0 Å². The molecule has 0 saturated heterocycles. The van der Waals surface area contributed by atoms with Gasteiger partial charge in [0.1, 0.15) is 24.5 Å². The van der Waals surface area contributed by atoms with Crippen molar-refractivity contribution in [2.75, 3.05) is 25.5 Å². The number of fused-ring (bicyclic) bond motifs is 1. The molecule has 0 aliphatic heterocycles. The molecule has 10 nitrogen and oxygen atoms in total. The Labute approximate surface area is 244 Å². The Morgan fingerprint density at radius 2 is 1.83 bits per heavy atom. The van der Waals surface area contributed by atoms with E-state index in [0.29, 0.717) is 25.3 Å². The zero-order valence-corrected chi connectivity index (χ0v) is 23.6. The highest BCUT2D eigenvalue weighted by atomic mass is 16.5. The first kappa shape index (κ1) is 28.3. The molecule has 3 N–H and O–H groups in total. The third-order valence-electron chi connectivity index (χ3n) is 6.87. The number of nitrogens with one attached hydrogen (secondary N) is 3. The van der Waals surface area contributed by atoms with Gasteiger partial charge in [-0.2, -0.15) is 0 Å². The van der Waals surface area contributed by atoms with Gasteiger partial charge < -0.3 is 25.3 Å². The molecule has 5 rings (SSSR count). The number of hydrogen-bond acceptors (Lipinski definition) is 7. The van der Waals surface area contributed by atoms with Gasteiger partial charge in [-0.3, -0.25) is 4.79 Å². The second-order valence-electron chi connectivity index (χ2n) is 9.82. The minimum Gasteiger partial charge on any atom is -0.453 e. The van der Waals surface area contributed by atoms with Gasteiger partial charge in [-0.05, 0) is 41.0 Å². The summed E-state index contributed by atoms with van der Waals surface area (Å²) < 4.78 is 4.56. The summed E-state index contributed by atoms with van der Waals surface area (Å²) in [5, 5.41) is 8.10. The summed E-state index contributed by atoms with van der Waals surface area (Å²) in [5.74, 6) is 1.25. The third-order valence-corrected chi connectivity index (χ3v) is 6.87. The van der Waals surface area contributed by atoms with E-state index in [-0.39, 0.29) is 12.5 Å². The van der Waals surface area contributed by atoms with Gasteiger partial charge in [-0.15, -0.1) is 0 Å². The first-order chi connectivity index (χ1) is 20.5. The number of amides is 2. The highest BCUT2D eigenvalue weighted by Crippen LogP contribution is 2.28. The van der Waals surface area contributed by atoms with Crippen LogP contribution in [0.5, 0.6) is 0 Å². The van der Waals surface area contributed by atoms with Crippen LogP contribution in [0, 0.1) is 0 Å². The van der Waals surface area contributed by atoms with E-state index in [9.17, 15) is 9.59 Å². The fraction of sp³-hybridized carbons (Fsp3) is 0.219. The van der Waals surface area contributed by atoms with Crippen LogP contribution in [0.4, 0.5) is 16.3 Å². The lowest BCUT2D eigenvalue weighted by Crippen LogP contribution is -2.40. The van der Waals surface area contributed by atoms with Crippen LogP contribution in [0.1, 0.15) is 30.3 Å². The number of imidazole rings is 1. The Hall–Kier alpha value is -5.25. The predicted molar refractivity (Wildman–Crippen MR) is 162 cm³/mol. The quantitative estimate of drug-likeness (QED) is 0.195. The van der Waals surface area contributed by atoms with Gasteiger partial charge in [-0.25, -0.2) is 19.7 Å². The molecule has 2 amide bonds. The lowest BCUT2D eigenvalue weighted by atomic mass is 9.97. The molecule has 42 heavy (non-hydrogen) atoms. The summed E-state index contributed by atoms with van der Waals surface area (Å²) in [7, 11) is 1.26. The predicted octanol–water partition coefficient (Wildman–Crippen LogP) is 5.45. The largest absolute Gasteiger partial charge is 0.453 e. The van der Waals surface area contributed by atoms with Crippen molar-refractivity contribution in [2.24, 2.45) is 0 Å². The lowest BCUT2D eigenvalue weighted by Gasteiger charge is -2.21. The topological polar surface area (TPSA) is 125 Å². The Morgan fingerprint density at radius 3 is 2.64 bits per heavy atom. The molecule has 0 bridgehead atoms. The number of benzene rings is 3. The summed E-state index contributed by atoms with van der Waals surface area (Å²) in [4.78, 5) is 42.3. The van der Waals surface area contributed by atoms with Crippen LogP contribution in [-0.4, -0.2) is 57.0 Å². The Bertz CT molecular complexity index is 1670. The molecule has 2 heterocycles. The van der Waals surface area contributed by atoms with Crippen LogP contribution >= 0.6 is 0 Å². The average molecular weight is 564 g/mol. The van der Waals surface area contributed by atoms with Crippen molar-refractivity contribution in [1.29, 1.82) is 0 Å². The number of methoxy groups -OCH3 is 1. The fourth-order valence-corrected chi connectivity index (χ4v) is 4.80. The van der Waals surface area contributed by atoms with Gasteiger partial charge in [0.2, 0.25) is 5.91 Å². The molecule has 0 aliphatic rings. The molecular weight excluding hydrogens is 530 g/mol. The smallest absolute Gasteiger partial charge is 0.407 e. The molecule has 2 aromatic heterocycles. The second-order valence-corrected chi connectivity index (χ2v) is 9.82. The minimum atomic E-state index is -0.638.